The van der Waals surface area contributed by atoms with Crippen LogP contribution in [0.4, 0.5) is 17.1 Å². The minimum atomic E-state index is -0.357. The molecule has 0 spiro atoms. The van der Waals surface area contributed by atoms with E-state index in [-0.39, 0.29) is 23.7 Å². The third kappa shape index (κ3) is 4.73. The summed E-state index contributed by atoms with van der Waals surface area (Å²) >= 11 is 0. The summed E-state index contributed by atoms with van der Waals surface area (Å²) in [4.78, 5) is 23.9. The molecule has 0 heterocycles. The van der Waals surface area contributed by atoms with Crippen molar-refractivity contribution in [3.8, 4) is 0 Å². The van der Waals surface area contributed by atoms with Gasteiger partial charge in [-0.15, -0.1) is 0 Å². The Hall–Kier alpha value is -2.24. The van der Waals surface area contributed by atoms with Crippen molar-refractivity contribution < 1.29 is 9.59 Å². The number of carbonyl (C=O) groups excluding carboxylic acids is 2. The lowest BCUT2D eigenvalue weighted by Gasteiger charge is -2.46. The zero-order chi connectivity index (χ0) is 19.6. The van der Waals surface area contributed by atoms with Crippen LogP contribution in [0.1, 0.15) is 52.4 Å². The Morgan fingerprint density at radius 1 is 1.19 bits per heavy atom. The van der Waals surface area contributed by atoms with Crippen molar-refractivity contribution in [2.45, 2.75) is 52.4 Å². The van der Waals surface area contributed by atoms with Crippen LogP contribution in [-0.2, 0) is 9.59 Å². The predicted octanol–water partition coefficient (Wildman–Crippen LogP) is 3.35. The molecule has 1 aromatic rings. The number of nitrogen functional groups attached to an aromatic ring is 1. The number of anilines is 3. The van der Waals surface area contributed by atoms with E-state index in [2.05, 4.69) is 24.5 Å². The summed E-state index contributed by atoms with van der Waals surface area (Å²) in [5.41, 5.74) is 12.9. The molecule has 0 aromatic heterocycles. The highest BCUT2D eigenvalue weighted by Crippen LogP contribution is 2.50. The predicted molar refractivity (Wildman–Crippen MR) is 109 cm³/mol. The van der Waals surface area contributed by atoms with Gasteiger partial charge in [-0.1, -0.05) is 13.8 Å². The summed E-state index contributed by atoms with van der Waals surface area (Å²) in [7, 11) is 0. The maximum atomic E-state index is 13.0. The molecule has 27 heavy (non-hydrogen) atoms. The van der Waals surface area contributed by atoms with Crippen molar-refractivity contribution >= 4 is 28.9 Å². The average molecular weight is 373 g/mol. The molecule has 0 aliphatic heterocycles. The van der Waals surface area contributed by atoms with Gasteiger partial charge in [0.2, 0.25) is 11.8 Å². The Bertz CT molecular complexity index is 700. The first kappa shape index (κ1) is 19.5. The number of fused-ring (bicyclic) bond motifs is 2. The Kier molecular flexibility index (Phi) is 5.63. The van der Waals surface area contributed by atoms with Crippen LogP contribution in [0, 0.1) is 23.2 Å². The highest BCUT2D eigenvalue weighted by molar-refractivity contribution is 5.96. The summed E-state index contributed by atoms with van der Waals surface area (Å²) in [6, 6.07) is 5.43. The Labute approximate surface area is 161 Å². The lowest BCUT2D eigenvalue weighted by Crippen LogP contribution is -2.43. The molecule has 2 amide bonds. The summed E-state index contributed by atoms with van der Waals surface area (Å²) in [6.45, 7) is 4.88. The largest absolute Gasteiger partial charge is 0.397 e. The smallest absolute Gasteiger partial charge is 0.230 e. The van der Waals surface area contributed by atoms with Gasteiger partial charge in [-0.2, -0.15) is 0 Å². The van der Waals surface area contributed by atoms with E-state index in [1.54, 1.807) is 6.07 Å². The standard InChI is InChI=1S/C21H32N4O2/c1-13-7-14-9-15(8-13)12-21(2,11-14)20(27)25-16-3-4-18(17(22)10-16)24-6-5-19(23)26/h3-4,10,13-15,24H,5-9,11-12,22H2,1-2H3,(H2,23,26)(H,25,27). The maximum absolute atomic E-state index is 13.0. The van der Waals surface area contributed by atoms with E-state index >= 15 is 0 Å². The van der Waals surface area contributed by atoms with Gasteiger partial charge in [-0.3, -0.25) is 9.59 Å². The van der Waals surface area contributed by atoms with Crippen LogP contribution in [-0.4, -0.2) is 18.4 Å². The number of carbonyl (C=O) groups is 2. The quantitative estimate of drug-likeness (QED) is 0.574. The molecule has 2 aliphatic rings. The molecule has 6 heteroatoms. The number of primary amides is 1. The molecule has 2 atom stereocenters. The zero-order valence-electron chi connectivity index (χ0n) is 16.4. The maximum Gasteiger partial charge on any atom is 0.230 e. The third-order valence-corrected chi connectivity index (χ3v) is 6.16. The Morgan fingerprint density at radius 3 is 2.44 bits per heavy atom. The molecule has 1 aromatic carbocycles. The van der Waals surface area contributed by atoms with Gasteiger partial charge in [-0.25, -0.2) is 0 Å². The molecule has 0 saturated heterocycles. The van der Waals surface area contributed by atoms with Gasteiger partial charge in [0.05, 0.1) is 11.4 Å². The van der Waals surface area contributed by atoms with Crippen molar-refractivity contribution in [2.75, 3.05) is 22.9 Å². The Balaban J connectivity index is 1.62. The van der Waals surface area contributed by atoms with Gasteiger partial charge in [0.15, 0.2) is 0 Å². The highest BCUT2D eigenvalue weighted by Gasteiger charge is 2.45. The van der Waals surface area contributed by atoms with Crippen LogP contribution >= 0.6 is 0 Å². The monoisotopic (exact) mass is 372 g/mol. The van der Waals surface area contributed by atoms with E-state index in [0.29, 0.717) is 29.8 Å². The SMILES string of the molecule is CC1CC2CC(C1)CC(C)(C(=O)Nc1ccc(NCCC(N)=O)c(N)c1)C2. The lowest BCUT2D eigenvalue weighted by atomic mass is 9.59. The van der Waals surface area contributed by atoms with E-state index in [9.17, 15) is 9.59 Å². The minimum absolute atomic E-state index is 0.0978. The number of hydrogen-bond acceptors (Lipinski definition) is 4. The number of benzene rings is 1. The van der Waals surface area contributed by atoms with Gasteiger partial charge in [0, 0.05) is 24.1 Å². The van der Waals surface area contributed by atoms with E-state index in [1.807, 2.05) is 12.1 Å². The number of amides is 2. The first-order chi connectivity index (χ1) is 12.7. The van der Waals surface area contributed by atoms with Crippen molar-refractivity contribution in [1.82, 2.24) is 0 Å². The van der Waals surface area contributed by atoms with Gasteiger partial charge in [0.1, 0.15) is 0 Å². The molecular weight excluding hydrogens is 340 g/mol. The summed E-state index contributed by atoms with van der Waals surface area (Å²) in [5.74, 6) is 1.87. The van der Waals surface area contributed by atoms with Crippen LogP contribution in [0.2, 0.25) is 0 Å². The second kappa shape index (κ2) is 7.79. The van der Waals surface area contributed by atoms with Crippen molar-refractivity contribution in [1.29, 1.82) is 0 Å². The van der Waals surface area contributed by atoms with Crippen LogP contribution in [0.3, 0.4) is 0 Å². The van der Waals surface area contributed by atoms with Crippen LogP contribution in [0.25, 0.3) is 0 Å². The summed E-state index contributed by atoms with van der Waals surface area (Å²) < 4.78 is 0. The summed E-state index contributed by atoms with van der Waals surface area (Å²) in [6.07, 6.45) is 5.98. The first-order valence-electron chi connectivity index (χ1n) is 9.98. The van der Waals surface area contributed by atoms with Crippen molar-refractivity contribution in [3.63, 3.8) is 0 Å². The molecular formula is C21H32N4O2. The second-order valence-electron chi connectivity index (χ2n) is 8.91. The van der Waals surface area contributed by atoms with E-state index in [0.717, 1.165) is 24.4 Å². The van der Waals surface area contributed by atoms with Gasteiger partial charge < -0.3 is 22.1 Å². The van der Waals surface area contributed by atoms with Gasteiger partial charge in [0.25, 0.3) is 0 Å². The molecule has 3 rings (SSSR count). The van der Waals surface area contributed by atoms with Gasteiger partial charge >= 0.3 is 0 Å². The lowest BCUT2D eigenvalue weighted by molar-refractivity contribution is -0.129. The molecule has 2 aliphatic carbocycles. The highest BCUT2D eigenvalue weighted by atomic mass is 16.2. The van der Waals surface area contributed by atoms with Gasteiger partial charge in [-0.05, 0) is 68.1 Å². The molecule has 148 valence electrons. The number of nitrogens with two attached hydrogens (primary N) is 2. The normalized spacial score (nSPS) is 29.8. The van der Waals surface area contributed by atoms with E-state index < -0.39 is 0 Å². The topological polar surface area (TPSA) is 110 Å². The fourth-order valence-electron chi connectivity index (χ4n) is 5.18. The molecule has 2 bridgehead atoms. The minimum Gasteiger partial charge on any atom is -0.397 e. The number of nitrogens with one attached hydrogen (secondary N) is 2. The fourth-order valence-corrected chi connectivity index (χ4v) is 5.18. The molecule has 2 saturated carbocycles. The van der Waals surface area contributed by atoms with Crippen LogP contribution in [0.5, 0.6) is 0 Å². The molecule has 6 nitrogen and oxygen atoms in total. The molecule has 0 radical (unpaired) electrons. The Morgan fingerprint density at radius 2 is 1.85 bits per heavy atom. The van der Waals surface area contributed by atoms with E-state index in [1.165, 1.54) is 19.3 Å². The summed E-state index contributed by atoms with van der Waals surface area (Å²) in [5, 5.41) is 6.16. The van der Waals surface area contributed by atoms with Crippen molar-refractivity contribution in [3.05, 3.63) is 18.2 Å². The molecule has 2 unspecified atom stereocenters. The van der Waals surface area contributed by atoms with E-state index in [4.69, 9.17) is 11.5 Å². The zero-order valence-corrected chi connectivity index (χ0v) is 16.4. The van der Waals surface area contributed by atoms with Crippen LogP contribution < -0.4 is 22.1 Å². The molecule has 6 N–H and O–H groups in total. The van der Waals surface area contributed by atoms with Crippen molar-refractivity contribution in [2.24, 2.45) is 28.9 Å². The molecule has 2 fully saturated rings. The number of rotatable bonds is 6. The second-order valence-corrected chi connectivity index (χ2v) is 8.91. The third-order valence-electron chi connectivity index (χ3n) is 6.16. The first-order valence-corrected chi connectivity index (χ1v) is 9.98. The number of hydrogen-bond donors (Lipinski definition) is 4. The fraction of sp³-hybridized carbons (Fsp3) is 0.619. The van der Waals surface area contributed by atoms with Crippen LogP contribution in [0.15, 0.2) is 18.2 Å². The average Bonchev–Trinajstić information content (AvgIpc) is 2.55.